The molecular formula is C22H10F2O6. The highest BCUT2D eigenvalue weighted by Crippen LogP contribution is 2.30. The van der Waals surface area contributed by atoms with Gasteiger partial charge < -0.3 is 9.47 Å². The number of ketones is 1. The van der Waals surface area contributed by atoms with E-state index in [-0.39, 0.29) is 16.7 Å². The van der Waals surface area contributed by atoms with E-state index < -0.39 is 52.2 Å². The molecule has 0 atom stereocenters. The molecule has 0 fully saturated rings. The van der Waals surface area contributed by atoms with Crippen LogP contribution in [0.1, 0.15) is 47.0 Å². The molecule has 1 heterocycles. The lowest BCUT2D eigenvalue weighted by Crippen LogP contribution is -2.16. The van der Waals surface area contributed by atoms with Gasteiger partial charge in [-0.1, -0.05) is 30.3 Å². The smallest absolute Gasteiger partial charge is 0.350 e. The van der Waals surface area contributed by atoms with Crippen LogP contribution in [0.15, 0.2) is 60.7 Å². The van der Waals surface area contributed by atoms with Gasteiger partial charge in [0.1, 0.15) is 11.4 Å². The molecule has 3 aromatic rings. The summed E-state index contributed by atoms with van der Waals surface area (Å²) in [6, 6.07) is 12.9. The Morgan fingerprint density at radius 3 is 2.30 bits per heavy atom. The fourth-order valence-electron chi connectivity index (χ4n) is 2.98. The van der Waals surface area contributed by atoms with E-state index in [2.05, 4.69) is 4.74 Å². The van der Waals surface area contributed by atoms with E-state index in [1.807, 2.05) is 0 Å². The third-order valence-electron chi connectivity index (χ3n) is 4.40. The predicted molar refractivity (Wildman–Crippen MR) is 97.4 cm³/mol. The minimum atomic E-state index is -1.27. The fourth-order valence-corrected chi connectivity index (χ4v) is 2.98. The molecule has 148 valence electrons. The average molecular weight is 408 g/mol. The third-order valence-corrected chi connectivity index (χ3v) is 4.40. The van der Waals surface area contributed by atoms with Crippen LogP contribution in [0, 0.1) is 11.6 Å². The minimum absolute atomic E-state index is 0.149. The van der Waals surface area contributed by atoms with Crippen LogP contribution < -0.4 is 4.74 Å². The minimum Gasteiger partial charge on any atom is -0.420 e. The van der Waals surface area contributed by atoms with Crippen LogP contribution in [0.4, 0.5) is 8.78 Å². The number of ether oxygens (including phenoxy) is 2. The molecule has 6 nitrogen and oxygen atoms in total. The maximum Gasteiger partial charge on any atom is 0.350 e. The molecule has 0 aliphatic carbocycles. The molecule has 30 heavy (non-hydrogen) atoms. The Morgan fingerprint density at radius 1 is 0.833 bits per heavy atom. The number of hydrogen-bond donors (Lipinski definition) is 0. The van der Waals surface area contributed by atoms with Gasteiger partial charge in [-0.3, -0.25) is 4.79 Å². The summed E-state index contributed by atoms with van der Waals surface area (Å²) >= 11 is 0. The van der Waals surface area contributed by atoms with Gasteiger partial charge in [-0.2, -0.15) is 0 Å². The average Bonchev–Trinajstić information content (AvgIpc) is 3.04. The van der Waals surface area contributed by atoms with Crippen molar-refractivity contribution in [3.63, 3.8) is 0 Å². The number of carbonyl (C=O) groups excluding carboxylic acids is 4. The SMILES string of the molecule is O=C(Oc1ccc2c(c1F)C(=O)OC2=O)c1cc(F)ccc1C(=O)c1ccccc1. The second-order valence-corrected chi connectivity index (χ2v) is 6.25. The first-order valence-electron chi connectivity index (χ1n) is 8.57. The number of esters is 3. The largest absolute Gasteiger partial charge is 0.420 e. The molecule has 0 aromatic heterocycles. The van der Waals surface area contributed by atoms with E-state index in [1.165, 1.54) is 12.1 Å². The maximum absolute atomic E-state index is 14.6. The van der Waals surface area contributed by atoms with Crippen LogP contribution in [0.5, 0.6) is 5.75 Å². The summed E-state index contributed by atoms with van der Waals surface area (Å²) in [7, 11) is 0. The van der Waals surface area contributed by atoms with Crippen LogP contribution in [-0.4, -0.2) is 23.7 Å². The summed E-state index contributed by atoms with van der Waals surface area (Å²) in [6.07, 6.45) is 0. The van der Waals surface area contributed by atoms with Gasteiger partial charge in [-0.05, 0) is 30.3 Å². The van der Waals surface area contributed by atoms with E-state index >= 15 is 0 Å². The Labute approximate surface area is 167 Å². The van der Waals surface area contributed by atoms with Crippen molar-refractivity contribution in [2.24, 2.45) is 0 Å². The molecule has 1 aliphatic rings. The molecule has 8 heteroatoms. The maximum atomic E-state index is 14.6. The molecule has 0 saturated carbocycles. The molecule has 0 N–H and O–H groups in total. The summed E-state index contributed by atoms with van der Waals surface area (Å²) in [5, 5.41) is 0. The van der Waals surface area contributed by atoms with Gasteiger partial charge in [0.2, 0.25) is 0 Å². The van der Waals surface area contributed by atoms with Crippen molar-refractivity contribution < 1.29 is 37.4 Å². The normalized spacial score (nSPS) is 12.3. The van der Waals surface area contributed by atoms with Gasteiger partial charge >= 0.3 is 17.9 Å². The van der Waals surface area contributed by atoms with Crippen molar-refractivity contribution in [3.05, 3.63) is 100 Å². The monoisotopic (exact) mass is 408 g/mol. The van der Waals surface area contributed by atoms with Crippen molar-refractivity contribution in [1.82, 2.24) is 0 Å². The predicted octanol–water partition coefficient (Wildman–Crippen LogP) is 3.73. The molecule has 0 radical (unpaired) electrons. The Kier molecular flexibility index (Phi) is 4.67. The van der Waals surface area contributed by atoms with Gasteiger partial charge in [0.15, 0.2) is 17.3 Å². The van der Waals surface area contributed by atoms with E-state index in [9.17, 15) is 28.0 Å². The quantitative estimate of drug-likeness (QED) is 0.283. The van der Waals surface area contributed by atoms with Crippen LogP contribution in [0.3, 0.4) is 0 Å². The zero-order valence-corrected chi connectivity index (χ0v) is 15.0. The van der Waals surface area contributed by atoms with Gasteiger partial charge in [0.25, 0.3) is 0 Å². The van der Waals surface area contributed by atoms with Crippen LogP contribution in [0.25, 0.3) is 0 Å². The summed E-state index contributed by atoms with van der Waals surface area (Å²) in [4.78, 5) is 48.5. The molecule has 0 saturated heterocycles. The van der Waals surface area contributed by atoms with E-state index in [0.29, 0.717) is 0 Å². The third kappa shape index (κ3) is 3.24. The lowest BCUT2D eigenvalue weighted by Gasteiger charge is -2.10. The van der Waals surface area contributed by atoms with Gasteiger partial charge in [0.05, 0.1) is 11.1 Å². The van der Waals surface area contributed by atoms with Crippen molar-refractivity contribution in [2.45, 2.75) is 0 Å². The van der Waals surface area contributed by atoms with Crippen LogP contribution in [0.2, 0.25) is 0 Å². The highest BCUT2D eigenvalue weighted by Gasteiger charge is 2.35. The Bertz CT molecular complexity index is 1230. The summed E-state index contributed by atoms with van der Waals surface area (Å²) in [5.41, 5.74) is -1.29. The van der Waals surface area contributed by atoms with Gasteiger partial charge in [-0.15, -0.1) is 0 Å². The molecule has 4 rings (SSSR count). The molecule has 0 amide bonds. The number of carbonyl (C=O) groups is 4. The first-order valence-corrected chi connectivity index (χ1v) is 8.57. The number of benzene rings is 3. The number of cyclic esters (lactones) is 2. The van der Waals surface area contributed by atoms with Crippen molar-refractivity contribution in [2.75, 3.05) is 0 Å². The lowest BCUT2D eigenvalue weighted by atomic mass is 9.98. The molecule has 0 bridgehead atoms. The molecule has 1 aliphatic heterocycles. The zero-order chi connectivity index (χ0) is 21.4. The second-order valence-electron chi connectivity index (χ2n) is 6.25. The van der Waals surface area contributed by atoms with Crippen LogP contribution >= 0.6 is 0 Å². The first-order chi connectivity index (χ1) is 14.4. The van der Waals surface area contributed by atoms with Gasteiger partial charge in [-0.25, -0.2) is 23.2 Å². The molecule has 0 spiro atoms. The fraction of sp³-hybridized carbons (Fsp3) is 0. The van der Waals surface area contributed by atoms with Gasteiger partial charge in [0, 0.05) is 11.1 Å². The van der Waals surface area contributed by atoms with Crippen LogP contribution in [-0.2, 0) is 4.74 Å². The Hall–Kier alpha value is -4.20. The van der Waals surface area contributed by atoms with E-state index in [4.69, 9.17) is 4.74 Å². The van der Waals surface area contributed by atoms with Crippen molar-refractivity contribution >= 4 is 23.7 Å². The second kappa shape index (κ2) is 7.32. The summed E-state index contributed by atoms with van der Waals surface area (Å²) in [6.45, 7) is 0. The number of hydrogen-bond acceptors (Lipinski definition) is 6. The van der Waals surface area contributed by atoms with Crippen molar-refractivity contribution in [3.8, 4) is 5.75 Å². The topological polar surface area (TPSA) is 86.7 Å². The Balaban J connectivity index is 1.71. The first kappa shape index (κ1) is 19.1. The summed E-state index contributed by atoms with van der Waals surface area (Å²) in [5.74, 6) is -6.77. The molecule has 0 unspecified atom stereocenters. The standard InChI is InChI=1S/C22H10F2O6/c23-12-6-7-13(19(25)11-4-2-1-3-5-11)15(10-12)21(27)29-16-9-8-14-17(18(16)24)22(28)30-20(14)26/h1-10H. The highest BCUT2D eigenvalue weighted by atomic mass is 19.1. The van der Waals surface area contributed by atoms with E-state index in [1.54, 1.807) is 18.2 Å². The number of halogens is 2. The molecule has 3 aromatic carbocycles. The van der Waals surface area contributed by atoms with E-state index in [0.717, 1.165) is 30.3 Å². The Morgan fingerprint density at radius 2 is 1.57 bits per heavy atom. The van der Waals surface area contributed by atoms with Crippen molar-refractivity contribution in [1.29, 1.82) is 0 Å². The molecular weight excluding hydrogens is 398 g/mol. The highest BCUT2D eigenvalue weighted by molar-refractivity contribution is 6.16. The lowest BCUT2D eigenvalue weighted by molar-refractivity contribution is 0.0440. The number of fused-ring (bicyclic) bond motifs is 1. The summed E-state index contributed by atoms with van der Waals surface area (Å²) < 4.78 is 37.7. The zero-order valence-electron chi connectivity index (χ0n) is 15.0. The number of rotatable bonds is 4.